The van der Waals surface area contributed by atoms with E-state index in [1.54, 1.807) is 13.3 Å². The van der Waals surface area contributed by atoms with Gasteiger partial charge in [-0.15, -0.1) is 11.3 Å². The van der Waals surface area contributed by atoms with E-state index in [1.807, 2.05) is 37.4 Å². The van der Waals surface area contributed by atoms with E-state index in [-0.39, 0.29) is 17.2 Å². The minimum atomic E-state index is -0.245. The highest BCUT2D eigenvalue weighted by Crippen LogP contribution is 2.57. The lowest BCUT2D eigenvalue weighted by Crippen LogP contribution is -2.23. The molecule has 1 N–H and O–H groups in total. The lowest BCUT2D eigenvalue weighted by molar-refractivity contribution is -0.117. The van der Waals surface area contributed by atoms with Gasteiger partial charge in [0.2, 0.25) is 5.91 Å². The molecule has 8 heteroatoms. The highest BCUT2D eigenvalue weighted by atomic mass is 32.1. The average molecular weight is 439 g/mol. The third kappa shape index (κ3) is 4.75. The van der Waals surface area contributed by atoms with Gasteiger partial charge in [-0.2, -0.15) is 0 Å². The Morgan fingerprint density at radius 2 is 2.06 bits per heavy atom. The topological polar surface area (TPSA) is 86.2 Å². The maximum absolute atomic E-state index is 13.0. The van der Waals surface area contributed by atoms with Gasteiger partial charge in [0.25, 0.3) is 0 Å². The maximum Gasteiger partial charge on any atom is 0.230 e. The fraction of sp³-hybridized carbons (Fsp3) is 0.391. The monoisotopic (exact) mass is 438 g/mol. The molecule has 3 aromatic rings. The molecule has 1 saturated carbocycles. The van der Waals surface area contributed by atoms with Crippen LogP contribution >= 0.6 is 11.3 Å². The molecular weight excluding hydrogens is 412 g/mol. The van der Waals surface area contributed by atoms with Crippen LogP contribution in [0, 0.1) is 19.8 Å². The molecule has 2 atom stereocenters. The van der Waals surface area contributed by atoms with E-state index < -0.39 is 0 Å². The van der Waals surface area contributed by atoms with Crippen molar-refractivity contribution in [3.05, 3.63) is 64.7 Å². The summed E-state index contributed by atoms with van der Waals surface area (Å²) in [5.41, 5.74) is 2.55. The van der Waals surface area contributed by atoms with Crippen LogP contribution in [0.4, 0.5) is 5.13 Å². The molecule has 2 heterocycles. The number of nitrogens with zero attached hydrogens (tertiary/aromatic N) is 3. The van der Waals surface area contributed by atoms with Crippen LogP contribution in [0.25, 0.3) is 0 Å². The molecule has 1 aliphatic rings. The number of carbonyl (C=O) groups excluding carboxylic acids is 1. The Bertz CT molecular complexity index is 1060. The first-order valence-electron chi connectivity index (χ1n) is 10.2. The van der Waals surface area contributed by atoms with Gasteiger partial charge in [0, 0.05) is 23.8 Å². The number of aromatic nitrogens is 3. The number of amides is 1. The summed E-state index contributed by atoms with van der Waals surface area (Å²) in [4.78, 5) is 26.0. The highest BCUT2D eigenvalue weighted by molar-refractivity contribution is 7.13. The van der Waals surface area contributed by atoms with Crippen molar-refractivity contribution in [1.29, 1.82) is 0 Å². The molecule has 0 saturated heterocycles. The molecule has 0 aliphatic heterocycles. The summed E-state index contributed by atoms with van der Waals surface area (Å²) < 4.78 is 11.3. The number of anilines is 1. The molecule has 0 bridgehead atoms. The van der Waals surface area contributed by atoms with Crippen LogP contribution in [0.5, 0.6) is 5.75 Å². The molecule has 1 fully saturated rings. The lowest BCUT2D eigenvalue weighted by atomic mass is 9.90. The Kier molecular flexibility index (Phi) is 6.29. The van der Waals surface area contributed by atoms with Gasteiger partial charge in [0.1, 0.15) is 11.5 Å². The summed E-state index contributed by atoms with van der Waals surface area (Å²) in [7, 11) is 1.63. The van der Waals surface area contributed by atoms with E-state index in [9.17, 15) is 4.79 Å². The van der Waals surface area contributed by atoms with Gasteiger partial charge >= 0.3 is 0 Å². The van der Waals surface area contributed by atoms with E-state index in [0.29, 0.717) is 36.3 Å². The minimum absolute atomic E-state index is 0.0111. The van der Waals surface area contributed by atoms with Crippen molar-refractivity contribution in [3.8, 4) is 5.75 Å². The molecule has 162 valence electrons. The van der Waals surface area contributed by atoms with Crippen LogP contribution in [0.2, 0.25) is 0 Å². The summed E-state index contributed by atoms with van der Waals surface area (Å²) in [6, 6.07) is 10.2. The van der Waals surface area contributed by atoms with Gasteiger partial charge < -0.3 is 14.8 Å². The number of nitrogens with one attached hydrogen (secondary N) is 1. The van der Waals surface area contributed by atoms with Gasteiger partial charge in [0.15, 0.2) is 10.9 Å². The van der Waals surface area contributed by atoms with E-state index in [2.05, 4.69) is 32.4 Å². The van der Waals surface area contributed by atoms with Gasteiger partial charge in [-0.25, -0.2) is 15.0 Å². The van der Waals surface area contributed by atoms with Crippen molar-refractivity contribution in [1.82, 2.24) is 15.0 Å². The Morgan fingerprint density at radius 3 is 2.77 bits per heavy atom. The molecule has 31 heavy (non-hydrogen) atoms. The molecule has 2 aromatic heterocycles. The fourth-order valence-electron chi connectivity index (χ4n) is 3.97. The van der Waals surface area contributed by atoms with Crippen LogP contribution in [-0.4, -0.2) is 34.6 Å². The molecule has 1 aromatic carbocycles. The second-order valence-electron chi connectivity index (χ2n) is 7.82. The molecular formula is C23H26N4O3S. The van der Waals surface area contributed by atoms with E-state index >= 15 is 0 Å². The predicted octanol–water partition coefficient (Wildman–Crippen LogP) is 4.06. The number of rotatable bonds is 9. The van der Waals surface area contributed by atoms with Crippen molar-refractivity contribution in [2.45, 2.75) is 38.7 Å². The quantitative estimate of drug-likeness (QED) is 0.542. The Morgan fingerprint density at radius 1 is 1.26 bits per heavy atom. The van der Waals surface area contributed by atoms with Gasteiger partial charge in [-0.1, -0.05) is 30.3 Å². The first kappa shape index (κ1) is 21.4. The normalized spacial score (nSPS) is 19.8. The SMILES string of the molecule is COCc1nc(C)ncc1OCC[C@@]1(c2ccccc2)C[C@H]1C(=O)Nc1nc(C)cs1. The van der Waals surface area contributed by atoms with Gasteiger partial charge in [0.05, 0.1) is 25.1 Å². The number of hydrogen-bond donors (Lipinski definition) is 1. The predicted molar refractivity (Wildman–Crippen MR) is 119 cm³/mol. The first-order valence-corrected chi connectivity index (χ1v) is 11.1. The summed E-state index contributed by atoms with van der Waals surface area (Å²) in [6.45, 7) is 4.57. The molecule has 0 spiro atoms. The number of ether oxygens (including phenoxy) is 2. The van der Waals surface area contributed by atoms with Crippen molar-refractivity contribution in [2.24, 2.45) is 5.92 Å². The second-order valence-corrected chi connectivity index (χ2v) is 8.68. The van der Waals surface area contributed by atoms with Gasteiger partial charge in [-0.3, -0.25) is 4.79 Å². The lowest BCUT2D eigenvalue weighted by Gasteiger charge is -2.19. The number of carbonyl (C=O) groups is 1. The Labute approximate surface area is 185 Å². The molecule has 4 rings (SSSR count). The summed E-state index contributed by atoms with van der Waals surface area (Å²) >= 11 is 1.45. The summed E-state index contributed by atoms with van der Waals surface area (Å²) in [6.07, 6.45) is 3.19. The number of benzene rings is 1. The largest absolute Gasteiger partial charge is 0.490 e. The Balaban J connectivity index is 1.47. The average Bonchev–Trinajstić information content (AvgIpc) is 3.37. The smallest absolute Gasteiger partial charge is 0.230 e. The number of thiazole rings is 1. The van der Waals surface area contributed by atoms with Crippen LogP contribution in [0.15, 0.2) is 41.9 Å². The number of methoxy groups -OCH3 is 1. The molecule has 0 unspecified atom stereocenters. The van der Waals surface area contributed by atoms with E-state index in [0.717, 1.165) is 23.4 Å². The summed E-state index contributed by atoms with van der Waals surface area (Å²) in [5, 5.41) is 5.56. The van der Waals surface area contributed by atoms with Gasteiger partial charge in [-0.05, 0) is 32.3 Å². The van der Waals surface area contributed by atoms with Crippen molar-refractivity contribution >= 4 is 22.4 Å². The second kappa shape index (κ2) is 9.11. The number of hydrogen-bond acceptors (Lipinski definition) is 7. The third-order valence-electron chi connectivity index (χ3n) is 5.63. The zero-order valence-corrected chi connectivity index (χ0v) is 18.7. The van der Waals surface area contributed by atoms with Crippen molar-refractivity contribution in [2.75, 3.05) is 19.0 Å². The molecule has 1 aliphatic carbocycles. The summed E-state index contributed by atoms with van der Waals surface area (Å²) in [5.74, 6) is 1.19. The molecule has 1 amide bonds. The first-order chi connectivity index (χ1) is 15.0. The van der Waals surface area contributed by atoms with Crippen LogP contribution in [0.3, 0.4) is 0 Å². The third-order valence-corrected chi connectivity index (χ3v) is 6.50. The van der Waals surface area contributed by atoms with Crippen LogP contribution < -0.4 is 10.1 Å². The standard InChI is InChI=1S/C23H26N4O3S/c1-15-14-31-22(25-15)27-21(28)18-11-23(18,17-7-5-4-6-8-17)9-10-30-20-12-24-16(2)26-19(20)13-29-3/h4-8,12,14,18H,9-11,13H2,1-3H3,(H,25,27,28)/t18-,23-/m0/s1. The van der Waals surface area contributed by atoms with Crippen LogP contribution in [0.1, 0.15) is 35.6 Å². The fourth-order valence-corrected chi connectivity index (χ4v) is 4.66. The minimum Gasteiger partial charge on any atom is -0.490 e. The zero-order chi connectivity index (χ0) is 21.8. The highest BCUT2D eigenvalue weighted by Gasteiger charge is 2.58. The molecule has 7 nitrogen and oxygen atoms in total. The maximum atomic E-state index is 13.0. The Hall–Kier alpha value is -2.84. The van der Waals surface area contributed by atoms with Crippen molar-refractivity contribution in [3.63, 3.8) is 0 Å². The van der Waals surface area contributed by atoms with E-state index in [4.69, 9.17) is 9.47 Å². The van der Waals surface area contributed by atoms with Crippen molar-refractivity contribution < 1.29 is 14.3 Å². The van der Waals surface area contributed by atoms with Crippen LogP contribution in [-0.2, 0) is 21.6 Å². The van der Waals surface area contributed by atoms with E-state index in [1.165, 1.54) is 11.3 Å². The molecule has 0 radical (unpaired) electrons. The number of aryl methyl sites for hydroxylation is 2. The zero-order valence-electron chi connectivity index (χ0n) is 17.9.